The standard InChI is InChI=1S/C29H25N3O3S/c1-2-16-30-25-14-13-22(32(33)34)18-24(25)29-31-26-17-21(12-15-27(26)35-29)23-10-6-7-11-28(23)36-19-20-8-4-3-5-9-20/h3-15,17-18,30H,2,16,19H2,1H3. The number of thioether (sulfide) groups is 1. The van der Waals surface area contributed by atoms with Crippen molar-refractivity contribution in [3.8, 4) is 22.6 Å². The van der Waals surface area contributed by atoms with Gasteiger partial charge in [0.15, 0.2) is 5.58 Å². The summed E-state index contributed by atoms with van der Waals surface area (Å²) in [6.07, 6.45) is 0.926. The van der Waals surface area contributed by atoms with E-state index >= 15 is 0 Å². The molecule has 6 nitrogen and oxygen atoms in total. The minimum atomic E-state index is -0.405. The van der Waals surface area contributed by atoms with E-state index in [4.69, 9.17) is 9.40 Å². The number of nitrogens with zero attached hydrogens (tertiary/aromatic N) is 2. The summed E-state index contributed by atoms with van der Waals surface area (Å²) in [6.45, 7) is 2.81. The lowest BCUT2D eigenvalue weighted by molar-refractivity contribution is -0.384. The molecule has 1 N–H and O–H groups in total. The molecule has 0 saturated carbocycles. The molecule has 0 aliphatic rings. The van der Waals surface area contributed by atoms with E-state index < -0.39 is 4.92 Å². The molecule has 1 heterocycles. The molecule has 4 aromatic carbocycles. The Labute approximate surface area is 213 Å². The smallest absolute Gasteiger partial charge is 0.270 e. The number of nitro benzene ring substituents is 1. The second-order valence-corrected chi connectivity index (χ2v) is 9.40. The second-order valence-electron chi connectivity index (χ2n) is 8.39. The Morgan fingerprint density at radius 1 is 0.944 bits per heavy atom. The molecule has 0 fully saturated rings. The third-order valence-electron chi connectivity index (χ3n) is 5.83. The molecule has 0 spiro atoms. The van der Waals surface area contributed by atoms with E-state index in [1.807, 2.05) is 30.3 Å². The van der Waals surface area contributed by atoms with Crippen molar-refractivity contribution in [1.29, 1.82) is 0 Å². The Balaban J connectivity index is 1.49. The molecule has 0 unspecified atom stereocenters. The number of fused-ring (bicyclic) bond motifs is 1. The zero-order valence-electron chi connectivity index (χ0n) is 19.8. The molecule has 0 saturated heterocycles. The molecule has 0 atom stereocenters. The number of rotatable bonds is 9. The lowest BCUT2D eigenvalue weighted by Gasteiger charge is -2.09. The maximum absolute atomic E-state index is 11.4. The van der Waals surface area contributed by atoms with Crippen molar-refractivity contribution in [1.82, 2.24) is 4.98 Å². The average molecular weight is 496 g/mol. The van der Waals surface area contributed by atoms with Crippen LogP contribution in [0.4, 0.5) is 11.4 Å². The van der Waals surface area contributed by atoms with Gasteiger partial charge in [-0.15, -0.1) is 11.8 Å². The first-order valence-electron chi connectivity index (χ1n) is 11.8. The van der Waals surface area contributed by atoms with Gasteiger partial charge in [0.1, 0.15) is 5.52 Å². The van der Waals surface area contributed by atoms with Crippen LogP contribution >= 0.6 is 11.8 Å². The van der Waals surface area contributed by atoms with Crippen LogP contribution in [0.5, 0.6) is 0 Å². The van der Waals surface area contributed by atoms with Crippen LogP contribution in [0.1, 0.15) is 18.9 Å². The molecular formula is C29H25N3O3S. The summed E-state index contributed by atoms with van der Waals surface area (Å²) in [5.41, 5.74) is 6.13. The van der Waals surface area contributed by atoms with Crippen LogP contribution in [0, 0.1) is 10.1 Å². The van der Waals surface area contributed by atoms with Gasteiger partial charge in [-0.1, -0.05) is 61.5 Å². The molecule has 0 amide bonds. The number of nitro groups is 1. The van der Waals surface area contributed by atoms with Gasteiger partial charge < -0.3 is 9.73 Å². The number of benzene rings is 4. The monoisotopic (exact) mass is 495 g/mol. The van der Waals surface area contributed by atoms with Crippen LogP contribution in [0.2, 0.25) is 0 Å². The van der Waals surface area contributed by atoms with Gasteiger partial charge in [-0.3, -0.25) is 10.1 Å². The largest absolute Gasteiger partial charge is 0.436 e. The van der Waals surface area contributed by atoms with Crippen molar-refractivity contribution in [3.63, 3.8) is 0 Å². The summed E-state index contributed by atoms with van der Waals surface area (Å²) < 4.78 is 6.06. The number of non-ortho nitro benzene ring substituents is 1. The van der Waals surface area contributed by atoms with Gasteiger partial charge in [0.2, 0.25) is 5.89 Å². The van der Waals surface area contributed by atoms with Gasteiger partial charge >= 0.3 is 0 Å². The SMILES string of the molecule is CCCNc1ccc([N+](=O)[O-])cc1-c1nc2cc(-c3ccccc3SCc3ccccc3)ccc2o1. The highest BCUT2D eigenvalue weighted by molar-refractivity contribution is 7.98. The first-order chi connectivity index (χ1) is 17.6. The van der Waals surface area contributed by atoms with Crippen molar-refractivity contribution in [2.24, 2.45) is 0 Å². The first-order valence-corrected chi connectivity index (χ1v) is 12.8. The number of aromatic nitrogens is 1. The molecule has 5 aromatic rings. The molecule has 5 rings (SSSR count). The Bertz CT molecular complexity index is 1520. The molecular weight excluding hydrogens is 470 g/mol. The number of anilines is 1. The van der Waals surface area contributed by atoms with E-state index in [0.717, 1.165) is 35.5 Å². The number of oxazole rings is 1. The van der Waals surface area contributed by atoms with Crippen LogP contribution in [0.15, 0.2) is 100 Å². The van der Waals surface area contributed by atoms with Crippen LogP contribution in [-0.2, 0) is 5.75 Å². The quantitative estimate of drug-likeness (QED) is 0.126. The Kier molecular flexibility index (Phi) is 7.00. The van der Waals surface area contributed by atoms with Crippen LogP contribution < -0.4 is 5.32 Å². The highest BCUT2D eigenvalue weighted by atomic mass is 32.2. The van der Waals surface area contributed by atoms with Gasteiger partial charge in [0, 0.05) is 35.0 Å². The molecule has 180 valence electrons. The molecule has 1 aromatic heterocycles. The molecule has 0 bridgehead atoms. The van der Waals surface area contributed by atoms with Gasteiger partial charge in [0.05, 0.1) is 10.5 Å². The highest BCUT2D eigenvalue weighted by Gasteiger charge is 2.18. The van der Waals surface area contributed by atoms with Gasteiger partial charge in [-0.05, 0) is 47.4 Å². The maximum atomic E-state index is 11.4. The lowest BCUT2D eigenvalue weighted by atomic mass is 10.1. The second kappa shape index (κ2) is 10.7. The molecule has 0 aliphatic carbocycles. The van der Waals surface area contributed by atoms with Crippen LogP contribution in [0.25, 0.3) is 33.7 Å². The first kappa shape index (κ1) is 23.6. The molecule has 0 aliphatic heterocycles. The third kappa shape index (κ3) is 5.11. The maximum Gasteiger partial charge on any atom is 0.270 e. The van der Waals surface area contributed by atoms with Crippen molar-refractivity contribution in [3.05, 3.63) is 107 Å². The predicted octanol–water partition coefficient (Wildman–Crippen LogP) is 8.18. The number of hydrogen-bond acceptors (Lipinski definition) is 6. The fourth-order valence-corrected chi connectivity index (χ4v) is 5.04. The number of nitrogens with one attached hydrogen (secondary N) is 1. The predicted molar refractivity (Wildman–Crippen MR) is 146 cm³/mol. The minimum absolute atomic E-state index is 0.000591. The van der Waals surface area contributed by atoms with E-state index in [1.165, 1.54) is 22.6 Å². The minimum Gasteiger partial charge on any atom is -0.436 e. The van der Waals surface area contributed by atoms with Crippen molar-refractivity contribution < 1.29 is 9.34 Å². The van der Waals surface area contributed by atoms with Crippen molar-refractivity contribution in [2.45, 2.75) is 24.0 Å². The topological polar surface area (TPSA) is 81.2 Å². The van der Waals surface area contributed by atoms with E-state index in [2.05, 4.69) is 54.7 Å². The van der Waals surface area contributed by atoms with Crippen molar-refractivity contribution in [2.75, 3.05) is 11.9 Å². The summed E-state index contributed by atoms with van der Waals surface area (Å²) in [4.78, 5) is 16.9. The molecule has 0 radical (unpaired) electrons. The van der Waals surface area contributed by atoms with Crippen LogP contribution in [-0.4, -0.2) is 16.5 Å². The normalized spacial score (nSPS) is 11.0. The van der Waals surface area contributed by atoms with E-state index in [1.54, 1.807) is 17.8 Å². The molecule has 36 heavy (non-hydrogen) atoms. The van der Waals surface area contributed by atoms with Gasteiger partial charge in [-0.25, -0.2) is 4.98 Å². The summed E-state index contributed by atoms with van der Waals surface area (Å²) in [6, 6.07) is 29.4. The lowest BCUT2D eigenvalue weighted by Crippen LogP contribution is -2.02. The summed E-state index contributed by atoms with van der Waals surface area (Å²) in [5.74, 6) is 1.24. The van der Waals surface area contributed by atoms with Crippen molar-refractivity contribution >= 4 is 34.2 Å². The fraction of sp³-hybridized carbons (Fsp3) is 0.138. The summed E-state index contributed by atoms with van der Waals surface area (Å²) in [7, 11) is 0. The third-order valence-corrected chi connectivity index (χ3v) is 6.98. The Hall–Kier alpha value is -4.10. The zero-order valence-corrected chi connectivity index (χ0v) is 20.6. The zero-order chi connectivity index (χ0) is 24.9. The van der Waals surface area contributed by atoms with Gasteiger partial charge in [0.25, 0.3) is 5.69 Å². The van der Waals surface area contributed by atoms with E-state index in [-0.39, 0.29) is 5.69 Å². The molecule has 7 heteroatoms. The average Bonchev–Trinajstić information content (AvgIpc) is 3.34. The summed E-state index contributed by atoms with van der Waals surface area (Å²) in [5, 5.41) is 14.7. The van der Waals surface area contributed by atoms with Gasteiger partial charge in [-0.2, -0.15) is 0 Å². The van der Waals surface area contributed by atoms with E-state index in [0.29, 0.717) is 22.6 Å². The van der Waals surface area contributed by atoms with E-state index in [9.17, 15) is 10.1 Å². The summed E-state index contributed by atoms with van der Waals surface area (Å²) >= 11 is 1.80. The van der Waals surface area contributed by atoms with Crippen LogP contribution in [0.3, 0.4) is 0 Å². The number of hydrogen-bond donors (Lipinski definition) is 1. The Morgan fingerprint density at radius 3 is 2.56 bits per heavy atom. The Morgan fingerprint density at radius 2 is 1.75 bits per heavy atom. The highest BCUT2D eigenvalue weighted by Crippen LogP contribution is 2.37. The fourth-order valence-electron chi connectivity index (χ4n) is 4.01.